The number of rotatable bonds is 4. The molecule has 22 heavy (non-hydrogen) atoms. The maximum atomic E-state index is 4.20. The van der Waals surface area contributed by atoms with E-state index in [-0.39, 0.29) is 58.2 Å². The monoisotopic (exact) mass is 364 g/mol. The van der Waals surface area contributed by atoms with E-state index in [9.17, 15) is 0 Å². The molecule has 0 spiro atoms. The van der Waals surface area contributed by atoms with Crippen LogP contribution in [0.15, 0.2) is 74.9 Å². The van der Waals surface area contributed by atoms with Gasteiger partial charge in [-0.15, -0.1) is 0 Å². The van der Waals surface area contributed by atoms with Crippen molar-refractivity contribution < 1.29 is 58.2 Å². The minimum absolute atomic E-state index is 0. The fourth-order valence-corrected chi connectivity index (χ4v) is 2.82. The Kier molecular flexibility index (Phi) is 4.57. The molecule has 0 fully saturated rings. The fourth-order valence-electron chi connectivity index (χ4n) is 2.82. The Morgan fingerprint density at radius 1 is 0.500 bits per heavy atom. The van der Waals surface area contributed by atoms with E-state index in [2.05, 4.69) is 19.9 Å². The van der Waals surface area contributed by atoms with Gasteiger partial charge in [-0.05, 0) is 24.8 Å². The molecule has 0 aliphatic heterocycles. The maximum absolute atomic E-state index is 4.20. The van der Waals surface area contributed by atoms with E-state index in [1.54, 1.807) is 50.1 Å². The molecular weight excluding hydrogens is 352 g/mol. The number of hydrogen-bond donors (Lipinski definition) is 0. The molecule has 0 aliphatic carbocycles. The third-order valence-electron chi connectivity index (χ3n) is 3.70. The first-order chi connectivity index (χ1) is 10.4. The number of imidazole rings is 4. The summed E-state index contributed by atoms with van der Waals surface area (Å²) in [5, 5.41) is 0. The van der Waals surface area contributed by atoms with E-state index in [1.807, 2.05) is 42.7 Å². The van der Waals surface area contributed by atoms with Crippen molar-refractivity contribution >= 4 is 6.69 Å². The third-order valence-corrected chi connectivity index (χ3v) is 3.70. The van der Waals surface area contributed by atoms with Gasteiger partial charge in [0.25, 0.3) is 0 Å². The molecule has 0 unspecified atom stereocenters. The standard InChI is InChI=1S/C12H12BN8.Rb/c1-5-18(9-14-1)13(19-6-2-15-10-19,20-7-3-16-11-20)21-8-4-17-12-21;/h1-12H;/q-1;+1. The van der Waals surface area contributed by atoms with Crippen LogP contribution in [0.1, 0.15) is 0 Å². The van der Waals surface area contributed by atoms with Gasteiger partial charge in [0.1, 0.15) is 0 Å². The van der Waals surface area contributed by atoms with Crippen LogP contribution in [-0.4, -0.2) is 44.5 Å². The summed E-state index contributed by atoms with van der Waals surface area (Å²) in [4.78, 5) is 16.8. The Hall–Kier alpha value is -1.29. The molecule has 0 N–H and O–H groups in total. The van der Waals surface area contributed by atoms with Crippen molar-refractivity contribution in [1.29, 1.82) is 0 Å². The Morgan fingerprint density at radius 2 is 0.773 bits per heavy atom. The molecule has 0 radical (unpaired) electrons. The van der Waals surface area contributed by atoms with Crippen molar-refractivity contribution in [2.45, 2.75) is 0 Å². The molecule has 10 heteroatoms. The van der Waals surface area contributed by atoms with E-state index in [0.29, 0.717) is 0 Å². The number of aromatic nitrogens is 8. The second kappa shape index (κ2) is 6.45. The molecule has 4 aromatic rings. The molecule has 0 saturated carbocycles. The summed E-state index contributed by atoms with van der Waals surface area (Å²) in [7, 11) is 0. The van der Waals surface area contributed by atoms with Crippen molar-refractivity contribution in [3.05, 3.63) is 74.9 Å². The molecule has 0 amide bonds. The summed E-state index contributed by atoms with van der Waals surface area (Å²) in [5.74, 6) is 0. The second-order valence-corrected chi connectivity index (χ2v) is 4.73. The molecule has 8 nitrogen and oxygen atoms in total. The molecule has 4 rings (SSSR count). The zero-order valence-corrected chi connectivity index (χ0v) is 17.0. The smallest absolute Gasteiger partial charge is 0.455 e. The van der Waals surface area contributed by atoms with Gasteiger partial charge < -0.3 is 17.9 Å². The van der Waals surface area contributed by atoms with Crippen LogP contribution in [0.3, 0.4) is 0 Å². The van der Waals surface area contributed by atoms with E-state index in [4.69, 9.17) is 0 Å². The molecule has 0 saturated heterocycles. The average molecular weight is 365 g/mol. The fraction of sp³-hybridized carbons (Fsp3) is 0. The van der Waals surface area contributed by atoms with Gasteiger partial charge in [-0.1, -0.05) is 0 Å². The van der Waals surface area contributed by atoms with Crippen LogP contribution in [0.4, 0.5) is 0 Å². The first kappa shape index (κ1) is 15.6. The zero-order chi connectivity index (χ0) is 14.1. The summed E-state index contributed by atoms with van der Waals surface area (Å²) < 4.78 is 8.08. The molecule has 0 atom stereocenters. The largest absolute Gasteiger partial charge is 1.00 e. The Balaban J connectivity index is 0.00000144. The summed E-state index contributed by atoms with van der Waals surface area (Å²) in [6.07, 6.45) is 21.8. The number of nitrogens with zero attached hydrogens (tertiary/aromatic N) is 8. The SMILES string of the molecule is [Rb+].c1cn([B-](n2ccnc2)(n2ccnc2)n2ccnc2)cn1. The minimum Gasteiger partial charge on any atom is -0.455 e. The van der Waals surface area contributed by atoms with Crippen molar-refractivity contribution in [1.82, 2.24) is 37.8 Å². The van der Waals surface area contributed by atoms with Crippen LogP contribution in [0.2, 0.25) is 0 Å². The first-order valence-corrected chi connectivity index (χ1v) is 6.50. The van der Waals surface area contributed by atoms with Crippen molar-refractivity contribution in [2.75, 3.05) is 0 Å². The molecule has 0 aromatic carbocycles. The van der Waals surface area contributed by atoms with Gasteiger partial charge >= 0.3 is 64.9 Å². The van der Waals surface area contributed by atoms with Crippen LogP contribution in [0.5, 0.6) is 0 Å². The normalized spacial score (nSPS) is 11.3. The van der Waals surface area contributed by atoms with Gasteiger partial charge in [-0.3, -0.25) is 0 Å². The summed E-state index contributed by atoms with van der Waals surface area (Å²) >= 11 is 0. The topological polar surface area (TPSA) is 71.3 Å². The average Bonchev–Trinajstić information content (AvgIpc) is 3.32. The summed E-state index contributed by atoms with van der Waals surface area (Å²) in [6.45, 7) is -1.64. The Morgan fingerprint density at radius 3 is 0.955 bits per heavy atom. The van der Waals surface area contributed by atoms with E-state index < -0.39 is 6.69 Å². The predicted molar refractivity (Wildman–Crippen MR) is 76.3 cm³/mol. The third kappa shape index (κ3) is 2.28. The van der Waals surface area contributed by atoms with E-state index in [0.717, 1.165) is 0 Å². The summed E-state index contributed by atoms with van der Waals surface area (Å²) in [6, 6.07) is 0. The Labute approximate surface area is 175 Å². The zero-order valence-electron chi connectivity index (χ0n) is 12.1. The summed E-state index contributed by atoms with van der Waals surface area (Å²) in [5.41, 5.74) is 0. The van der Waals surface area contributed by atoms with E-state index in [1.165, 1.54) is 0 Å². The van der Waals surface area contributed by atoms with Crippen molar-refractivity contribution in [2.24, 2.45) is 0 Å². The Bertz CT molecular complexity index is 649. The van der Waals surface area contributed by atoms with Gasteiger partial charge in [0, 0.05) is 24.8 Å². The number of hydrogen-bond acceptors (Lipinski definition) is 4. The van der Waals surface area contributed by atoms with Gasteiger partial charge in [-0.2, -0.15) is 0 Å². The van der Waals surface area contributed by atoms with Gasteiger partial charge in [0.15, 0.2) is 0 Å². The molecule has 104 valence electrons. The molecular formula is C12H12BN8Rb. The molecule has 0 bridgehead atoms. The van der Waals surface area contributed by atoms with Crippen LogP contribution >= 0.6 is 0 Å². The minimum atomic E-state index is -1.64. The van der Waals surface area contributed by atoms with Gasteiger partial charge in [-0.25, -0.2) is 19.9 Å². The molecule has 0 aliphatic rings. The van der Waals surface area contributed by atoms with Crippen molar-refractivity contribution in [3.8, 4) is 0 Å². The second-order valence-electron chi connectivity index (χ2n) is 4.73. The quantitative estimate of drug-likeness (QED) is 0.373. The van der Waals surface area contributed by atoms with Gasteiger partial charge in [0.05, 0.1) is 25.3 Å². The van der Waals surface area contributed by atoms with Crippen LogP contribution in [-0.2, 0) is 0 Å². The van der Waals surface area contributed by atoms with Crippen molar-refractivity contribution in [3.63, 3.8) is 0 Å². The van der Waals surface area contributed by atoms with Crippen LogP contribution in [0, 0.1) is 0 Å². The van der Waals surface area contributed by atoms with Crippen LogP contribution < -0.4 is 58.2 Å². The van der Waals surface area contributed by atoms with Crippen LogP contribution in [0.25, 0.3) is 0 Å². The predicted octanol–water partition coefficient (Wildman–Crippen LogP) is -2.59. The molecule has 4 aromatic heterocycles. The van der Waals surface area contributed by atoms with E-state index >= 15 is 0 Å². The van der Waals surface area contributed by atoms with Gasteiger partial charge in [0.2, 0.25) is 0 Å². The first-order valence-electron chi connectivity index (χ1n) is 6.50. The maximum Gasteiger partial charge on any atom is 1.00 e. The molecule has 4 heterocycles.